The van der Waals surface area contributed by atoms with Crippen LogP contribution in [0.25, 0.3) is 0 Å². The predicted molar refractivity (Wildman–Crippen MR) is 71.4 cm³/mol. The minimum Gasteiger partial charge on any atom is -0.355 e. The van der Waals surface area contributed by atoms with Crippen LogP contribution < -0.4 is 16.4 Å². The molecule has 0 radical (unpaired) electrons. The highest BCUT2D eigenvalue weighted by molar-refractivity contribution is 5.98. The molecule has 0 bridgehead atoms. The largest absolute Gasteiger partial charge is 0.355 e. The van der Waals surface area contributed by atoms with Crippen molar-refractivity contribution in [3.05, 3.63) is 29.3 Å². The van der Waals surface area contributed by atoms with Gasteiger partial charge in [-0.05, 0) is 24.6 Å². The number of nitrogens with one attached hydrogen (secondary N) is 2. The number of hydrogen-bond acceptors (Lipinski definition) is 3. The van der Waals surface area contributed by atoms with Crippen LogP contribution in [0.4, 0.5) is 5.69 Å². The van der Waals surface area contributed by atoms with Gasteiger partial charge in [0.25, 0.3) is 5.91 Å². The molecule has 1 aromatic rings. The van der Waals surface area contributed by atoms with E-state index in [1.54, 1.807) is 32.2 Å². The number of rotatable bonds is 4. The first-order valence-corrected chi connectivity index (χ1v) is 5.83. The number of benzene rings is 1. The normalized spacial score (nSPS) is 11.8. The molecule has 18 heavy (non-hydrogen) atoms. The average Bonchev–Trinajstić information content (AvgIpc) is 2.39. The van der Waals surface area contributed by atoms with E-state index < -0.39 is 0 Å². The highest BCUT2D eigenvalue weighted by Gasteiger charge is 2.13. The van der Waals surface area contributed by atoms with E-state index >= 15 is 0 Å². The van der Waals surface area contributed by atoms with Gasteiger partial charge in [-0.15, -0.1) is 0 Å². The second kappa shape index (κ2) is 6.16. The van der Waals surface area contributed by atoms with Crippen molar-refractivity contribution in [2.75, 3.05) is 18.9 Å². The van der Waals surface area contributed by atoms with Gasteiger partial charge < -0.3 is 16.4 Å². The maximum atomic E-state index is 11.8. The summed E-state index contributed by atoms with van der Waals surface area (Å²) in [5.74, 6) is -0.583. The molecule has 1 aromatic carbocycles. The number of amides is 2. The molecule has 2 amide bonds. The second-order valence-corrected chi connectivity index (χ2v) is 4.23. The molecule has 0 fully saturated rings. The first-order valence-electron chi connectivity index (χ1n) is 5.83. The molecule has 1 rings (SSSR count). The fraction of sp³-hybridized carbons (Fsp3) is 0.385. The minimum atomic E-state index is -0.256. The van der Waals surface area contributed by atoms with Crippen molar-refractivity contribution in [3.63, 3.8) is 0 Å². The molecule has 4 N–H and O–H groups in total. The molecule has 0 aliphatic rings. The van der Waals surface area contributed by atoms with Crippen LogP contribution in [-0.4, -0.2) is 25.4 Å². The maximum absolute atomic E-state index is 11.8. The lowest BCUT2D eigenvalue weighted by Crippen LogP contribution is -2.27. The molecule has 0 saturated carbocycles. The molecule has 0 saturated heterocycles. The zero-order valence-electron chi connectivity index (χ0n) is 10.9. The zero-order chi connectivity index (χ0) is 13.7. The van der Waals surface area contributed by atoms with Crippen LogP contribution in [0.15, 0.2) is 18.2 Å². The second-order valence-electron chi connectivity index (χ2n) is 4.23. The number of hydrogen-bond donors (Lipinski definition) is 3. The Kier molecular flexibility index (Phi) is 4.85. The van der Waals surface area contributed by atoms with Crippen molar-refractivity contribution < 1.29 is 9.59 Å². The first kappa shape index (κ1) is 14.2. The van der Waals surface area contributed by atoms with Gasteiger partial charge in [0.1, 0.15) is 0 Å². The van der Waals surface area contributed by atoms with Gasteiger partial charge >= 0.3 is 0 Å². The Morgan fingerprint density at radius 3 is 2.61 bits per heavy atom. The van der Waals surface area contributed by atoms with E-state index in [1.807, 2.05) is 6.92 Å². The number of carbonyl (C=O) groups excluding carboxylic acids is 2. The molecule has 5 nitrogen and oxygen atoms in total. The minimum absolute atomic E-state index is 0.144. The predicted octanol–water partition coefficient (Wildman–Crippen LogP) is 0.888. The van der Waals surface area contributed by atoms with Crippen LogP contribution in [0.1, 0.15) is 22.8 Å². The number of anilines is 1. The summed E-state index contributed by atoms with van der Waals surface area (Å²) < 4.78 is 0. The number of nitrogens with two attached hydrogens (primary N) is 1. The SMILES string of the molecule is CNC(=O)c1ccc(C)c(NC(=O)C(C)CN)c1. The summed E-state index contributed by atoms with van der Waals surface area (Å²) >= 11 is 0. The molecule has 5 heteroatoms. The highest BCUT2D eigenvalue weighted by Crippen LogP contribution is 2.17. The summed E-state index contributed by atoms with van der Waals surface area (Å²) in [6.45, 7) is 3.92. The molecule has 1 atom stereocenters. The van der Waals surface area contributed by atoms with Gasteiger partial charge in [-0.1, -0.05) is 13.0 Å². The Hall–Kier alpha value is -1.88. The third-order valence-corrected chi connectivity index (χ3v) is 2.79. The third-order valence-electron chi connectivity index (χ3n) is 2.79. The van der Waals surface area contributed by atoms with E-state index in [4.69, 9.17) is 5.73 Å². The van der Waals surface area contributed by atoms with Gasteiger partial charge in [-0.2, -0.15) is 0 Å². The van der Waals surface area contributed by atoms with Gasteiger partial charge in [0.15, 0.2) is 0 Å². The Morgan fingerprint density at radius 1 is 1.39 bits per heavy atom. The quantitative estimate of drug-likeness (QED) is 0.741. The topological polar surface area (TPSA) is 84.2 Å². The summed E-state index contributed by atoms with van der Waals surface area (Å²) in [4.78, 5) is 23.3. The maximum Gasteiger partial charge on any atom is 0.251 e. The molecule has 98 valence electrons. The standard InChI is InChI=1S/C13H19N3O2/c1-8-4-5-10(13(18)15-3)6-11(8)16-12(17)9(2)7-14/h4-6,9H,7,14H2,1-3H3,(H,15,18)(H,16,17). The molecular formula is C13H19N3O2. The number of carbonyl (C=O) groups is 2. The lowest BCUT2D eigenvalue weighted by Gasteiger charge is -2.13. The van der Waals surface area contributed by atoms with Gasteiger partial charge in [-0.3, -0.25) is 9.59 Å². The Balaban J connectivity index is 2.94. The van der Waals surface area contributed by atoms with Crippen molar-refractivity contribution in [3.8, 4) is 0 Å². The third kappa shape index (κ3) is 3.30. The summed E-state index contributed by atoms with van der Waals surface area (Å²) in [6, 6.07) is 5.18. The van der Waals surface area contributed by atoms with Gasteiger partial charge in [0.2, 0.25) is 5.91 Å². The van der Waals surface area contributed by atoms with E-state index in [9.17, 15) is 9.59 Å². The van der Waals surface area contributed by atoms with Crippen molar-refractivity contribution in [1.29, 1.82) is 0 Å². The van der Waals surface area contributed by atoms with E-state index in [-0.39, 0.29) is 17.7 Å². The molecule has 0 heterocycles. The van der Waals surface area contributed by atoms with Crippen LogP contribution in [0, 0.1) is 12.8 Å². The van der Waals surface area contributed by atoms with Crippen molar-refractivity contribution in [2.45, 2.75) is 13.8 Å². The van der Waals surface area contributed by atoms with Crippen molar-refractivity contribution in [2.24, 2.45) is 11.7 Å². The van der Waals surface area contributed by atoms with Crippen LogP contribution in [0.2, 0.25) is 0 Å². The fourth-order valence-electron chi connectivity index (χ4n) is 1.41. The monoisotopic (exact) mass is 249 g/mol. The van der Waals surface area contributed by atoms with Crippen LogP contribution in [0.3, 0.4) is 0 Å². The summed E-state index contributed by atoms with van der Waals surface area (Å²) in [6.07, 6.45) is 0. The Morgan fingerprint density at radius 2 is 2.06 bits per heavy atom. The van der Waals surface area contributed by atoms with Gasteiger partial charge in [0, 0.05) is 30.8 Å². The smallest absolute Gasteiger partial charge is 0.251 e. The van der Waals surface area contributed by atoms with Gasteiger partial charge in [0.05, 0.1) is 0 Å². The molecule has 0 aliphatic heterocycles. The molecule has 0 aliphatic carbocycles. The molecular weight excluding hydrogens is 230 g/mol. The lowest BCUT2D eigenvalue weighted by molar-refractivity contribution is -0.119. The van der Waals surface area contributed by atoms with Crippen molar-refractivity contribution >= 4 is 17.5 Å². The zero-order valence-corrected chi connectivity index (χ0v) is 10.9. The van der Waals surface area contributed by atoms with Crippen LogP contribution in [0.5, 0.6) is 0 Å². The molecule has 0 aromatic heterocycles. The van der Waals surface area contributed by atoms with E-state index in [1.165, 1.54) is 0 Å². The summed E-state index contributed by atoms with van der Waals surface area (Å²) in [5, 5.41) is 5.32. The lowest BCUT2D eigenvalue weighted by atomic mass is 10.1. The summed E-state index contributed by atoms with van der Waals surface area (Å²) in [5.41, 5.74) is 7.50. The van der Waals surface area contributed by atoms with Crippen LogP contribution >= 0.6 is 0 Å². The van der Waals surface area contributed by atoms with E-state index in [2.05, 4.69) is 10.6 Å². The van der Waals surface area contributed by atoms with E-state index in [0.29, 0.717) is 17.8 Å². The average molecular weight is 249 g/mol. The van der Waals surface area contributed by atoms with E-state index in [0.717, 1.165) is 5.56 Å². The van der Waals surface area contributed by atoms with Gasteiger partial charge in [-0.25, -0.2) is 0 Å². The molecule has 0 spiro atoms. The number of aryl methyl sites for hydroxylation is 1. The summed E-state index contributed by atoms with van der Waals surface area (Å²) in [7, 11) is 1.57. The fourth-order valence-corrected chi connectivity index (χ4v) is 1.41. The first-order chi connectivity index (χ1) is 8.49. The Labute approximate surface area is 107 Å². The van der Waals surface area contributed by atoms with Crippen molar-refractivity contribution in [1.82, 2.24) is 5.32 Å². The highest BCUT2D eigenvalue weighted by atomic mass is 16.2. The Bertz CT molecular complexity index is 458. The van der Waals surface area contributed by atoms with Crippen LogP contribution in [-0.2, 0) is 4.79 Å². The molecule has 1 unspecified atom stereocenters.